The molecule has 1 rings (SSSR count). The summed E-state index contributed by atoms with van der Waals surface area (Å²) in [5.41, 5.74) is 4.07. The predicted molar refractivity (Wildman–Crippen MR) is 37.1 cm³/mol. The highest BCUT2D eigenvalue weighted by Gasteiger charge is 2.20. The third-order valence-electron chi connectivity index (χ3n) is 2.22. The van der Waals surface area contributed by atoms with E-state index < -0.39 is 0 Å². The summed E-state index contributed by atoms with van der Waals surface area (Å²) in [5.74, 6) is 0. The van der Waals surface area contributed by atoms with E-state index in [4.69, 9.17) is 0 Å². The Morgan fingerprint density at radius 1 is 1.67 bits per heavy atom. The fourth-order valence-electron chi connectivity index (χ4n) is 1.57. The Labute approximate surface area is 57.0 Å². The van der Waals surface area contributed by atoms with Crippen molar-refractivity contribution in [3.8, 4) is 0 Å². The van der Waals surface area contributed by atoms with E-state index in [1.165, 1.54) is 32.5 Å². The van der Waals surface area contributed by atoms with Gasteiger partial charge < -0.3 is 10.6 Å². The van der Waals surface area contributed by atoms with E-state index >= 15 is 0 Å². The van der Waals surface area contributed by atoms with Crippen LogP contribution in [0.15, 0.2) is 0 Å². The molecule has 0 aliphatic carbocycles. The number of likely N-dealkylation sites (tertiary alicyclic amines) is 1. The molecule has 1 fully saturated rings. The summed E-state index contributed by atoms with van der Waals surface area (Å²) >= 11 is 0. The zero-order chi connectivity index (χ0) is 6.69. The lowest BCUT2D eigenvalue weighted by molar-refractivity contribution is -0.913. The standard InChI is InChI=1S/C7H16N2/c1-2-9-5-3-4-7(8)6-9/h7H,2-6,8H2,1H3/p+2/t7-/m0/s1. The zero-order valence-electron chi connectivity index (χ0n) is 6.32. The summed E-state index contributed by atoms with van der Waals surface area (Å²) in [5, 5.41) is 0. The lowest BCUT2D eigenvalue weighted by atomic mass is 10.1. The molecule has 1 heterocycles. The molecule has 0 aromatic rings. The minimum Gasteiger partial charge on any atom is -0.350 e. The van der Waals surface area contributed by atoms with Gasteiger partial charge in [0.2, 0.25) is 0 Å². The lowest BCUT2D eigenvalue weighted by Crippen LogP contribution is -3.15. The zero-order valence-corrected chi connectivity index (χ0v) is 6.32. The first-order chi connectivity index (χ1) is 4.33. The predicted octanol–water partition coefficient (Wildman–Crippen LogP) is -1.70. The molecule has 0 aromatic heterocycles. The molecule has 9 heavy (non-hydrogen) atoms. The second-order valence-corrected chi connectivity index (χ2v) is 3.07. The van der Waals surface area contributed by atoms with Gasteiger partial charge in [-0.15, -0.1) is 0 Å². The van der Waals surface area contributed by atoms with E-state index in [1.54, 1.807) is 4.90 Å². The molecule has 1 aliphatic heterocycles. The first kappa shape index (κ1) is 7.03. The minimum absolute atomic E-state index is 0.730. The SMILES string of the molecule is CC[NH+]1CCC[C@H]([NH3+])C1. The number of hydrogen-bond donors (Lipinski definition) is 2. The molecule has 54 valence electrons. The van der Waals surface area contributed by atoms with E-state index in [9.17, 15) is 0 Å². The number of hydrogen-bond acceptors (Lipinski definition) is 0. The number of quaternary nitrogens is 2. The summed E-state index contributed by atoms with van der Waals surface area (Å²) in [7, 11) is 0. The molecule has 0 spiro atoms. The van der Waals surface area contributed by atoms with Crippen molar-refractivity contribution in [2.24, 2.45) is 0 Å². The minimum atomic E-state index is 0.730. The maximum Gasteiger partial charge on any atom is 0.134 e. The highest BCUT2D eigenvalue weighted by molar-refractivity contribution is 4.55. The van der Waals surface area contributed by atoms with Crippen molar-refractivity contribution in [3.63, 3.8) is 0 Å². The van der Waals surface area contributed by atoms with Gasteiger partial charge >= 0.3 is 0 Å². The third-order valence-corrected chi connectivity index (χ3v) is 2.22. The van der Waals surface area contributed by atoms with Crippen LogP contribution in [0.1, 0.15) is 19.8 Å². The van der Waals surface area contributed by atoms with Crippen LogP contribution in [-0.2, 0) is 0 Å². The summed E-state index contributed by atoms with van der Waals surface area (Å²) in [4.78, 5) is 1.74. The van der Waals surface area contributed by atoms with E-state index in [-0.39, 0.29) is 0 Å². The van der Waals surface area contributed by atoms with Crippen LogP contribution in [0.4, 0.5) is 0 Å². The lowest BCUT2D eigenvalue weighted by Gasteiger charge is -2.24. The molecular formula is C7H18N2+2. The monoisotopic (exact) mass is 130 g/mol. The Bertz CT molecular complexity index is 83.0. The van der Waals surface area contributed by atoms with Gasteiger partial charge in [-0.3, -0.25) is 0 Å². The molecule has 0 aromatic carbocycles. The van der Waals surface area contributed by atoms with Crippen molar-refractivity contribution in [2.75, 3.05) is 19.6 Å². The van der Waals surface area contributed by atoms with Gasteiger partial charge in [0.25, 0.3) is 0 Å². The Hall–Kier alpha value is -0.0800. The van der Waals surface area contributed by atoms with Crippen molar-refractivity contribution in [1.82, 2.24) is 0 Å². The smallest absolute Gasteiger partial charge is 0.134 e. The van der Waals surface area contributed by atoms with Crippen LogP contribution in [0.3, 0.4) is 0 Å². The maximum atomic E-state index is 4.07. The molecule has 4 N–H and O–H groups in total. The second-order valence-electron chi connectivity index (χ2n) is 3.07. The number of piperidine rings is 1. The molecular weight excluding hydrogens is 112 g/mol. The summed E-state index contributed by atoms with van der Waals surface area (Å²) < 4.78 is 0. The maximum absolute atomic E-state index is 4.07. The summed E-state index contributed by atoms with van der Waals surface area (Å²) in [6.45, 7) is 6.22. The van der Waals surface area contributed by atoms with E-state index in [1.807, 2.05) is 0 Å². The van der Waals surface area contributed by atoms with Crippen LogP contribution < -0.4 is 10.6 Å². The van der Waals surface area contributed by atoms with Crippen molar-refractivity contribution < 1.29 is 10.6 Å². The molecule has 0 bridgehead atoms. The Balaban J connectivity index is 2.23. The molecule has 2 heteroatoms. The van der Waals surface area contributed by atoms with Crippen molar-refractivity contribution in [2.45, 2.75) is 25.8 Å². The Morgan fingerprint density at radius 2 is 2.44 bits per heavy atom. The fourth-order valence-corrected chi connectivity index (χ4v) is 1.57. The molecule has 2 nitrogen and oxygen atoms in total. The Morgan fingerprint density at radius 3 is 2.89 bits per heavy atom. The van der Waals surface area contributed by atoms with Crippen LogP contribution in [0, 0.1) is 0 Å². The van der Waals surface area contributed by atoms with Gasteiger partial charge in [-0.05, 0) is 6.92 Å². The number of nitrogens with one attached hydrogen (secondary N) is 1. The van der Waals surface area contributed by atoms with E-state index in [0.717, 1.165) is 6.04 Å². The van der Waals surface area contributed by atoms with Gasteiger partial charge in [0, 0.05) is 12.8 Å². The first-order valence-corrected chi connectivity index (χ1v) is 3.99. The quantitative estimate of drug-likeness (QED) is 0.424. The van der Waals surface area contributed by atoms with Crippen LogP contribution in [-0.4, -0.2) is 25.7 Å². The molecule has 2 atom stereocenters. The van der Waals surface area contributed by atoms with Crippen LogP contribution in [0.2, 0.25) is 0 Å². The van der Waals surface area contributed by atoms with Crippen molar-refractivity contribution in [1.29, 1.82) is 0 Å². The van der Waals surface area contributed by atoms with Gasteiger partial charge in [-0.25, -0.2) is 0 Å². The number of likely N-dealkylation sites (N-methyl/N-ethyl adjacent to an activating group) is 1. The number of rotatable bonds is 1. The van der Waals surface area contributed by atoms with Gasteiger partial charge in [0.05, 0.1) is 13.1 Å². The van der Waals surface area contributed by atoms with Crippen molar-refractivity contribution in [3.05, 3.63) is 0 Å². The molecule has 0 amide bonds. The molecule has 1 aliphatic rings. The van der Waals surface area contributed by atoms with Crippen molar-refractivity contribution >= 4 is 0 Å². The normalized spacial score (nSPS) is 36.7. The first-order valence-electron chi connectivity index (χ1n) is 3.99. The van der Waals surface area contributed by atoms with Crippen LogP contribution in [0.25, 0.3) is 0 Å². The van der Waals surface area contributed by atoms with Gasteiger partial charge in [-0.1, -0.05) is 0 Å². The topological polar surface area (TPSA) is 32.1 Å². The third kappa shape index (κ3) is 1.95. The molecule has 0 radical (unpaired) electrons. The van der Waals surface area contributed by atoms with Gasteiger partial charge in [0.1, 0.15) is 12.6 Å². The molecule has 0 saturated carbocycles. The average Bonchev–Trinajstić information content (AvgIpc) is 1.88. The Kier molecular flexibility index (Phi) is 2.49. The summed E-state index contributed by atoms with van der Waals surface area (Å²) in [6.07, 6.45) is 2.74. The average molecular weight is 130 g/mol. The highest BCUT2D eigenvalue weighted by atomic mass is 15.1. The molecule has 1 unspecified atom stereocenters. The second kappa shape index (κ2) is 3.18. The van der Waals surface area contributed by atoms with E-state index in [0.29, 0.717) is 0 Å². The largest absolute Gasteiger partial charge is 0.350 e. The molecule has 1 saturated heterocycles. The van der Waals surface area contributed by atoms with Crippen LogP contribution >= 0.6 is 0 Å². The van der Waals surface area contributed by atoms with Crippen LogP contribution in [0.5, 0.6) is 0 Å². The van der Waals surface area contributed by atoms with Gasteiger partial charge in [0.15, 0.2) is 0 Å². The van der Waals surface area contributed by atoms with E-state index in [2.05, 4.69) is 12.7 Å². The van der Waals surface area contributed by atoms with Gasteiger partial charge in [-0.2, -0.15) is 0 Å². The fraction of sp³-hybridized carbons (Fsp3) is 1.00. The highest BCUT2D eigenvalue weighted by Crippen LogP contribution is 1.91. The summed E-state index contributed by atoms with van der Waals surface area (Å²) in [6, 6.07) is 0.730.